The number of hydrogen-bond donors (Lipinski definition) is 2. The fraction of sp³-hybridized carbons (Fsp3) is 0.320. The van der Waals surface area contributed by atoms with Crippen molar-refractivity contribution in [3.63, 3.8) is 0 Å². The molecule has 1 aliphatic heterocycles. The molecule has 1 saturated heterocycles. The van der Waals surface area contributed by atoms with Crippen molar-refractivity contribution in [2.45, 2.75) is 38.6 Å². The molecule has 0 spiro atoms. The van der Waals surface area contributed by atoms with E-state index in [0.29, 0.717) is 28.3 Å². The highest BCUT2D eigenvalue weighted by molar-refractivity contribution is 6.32. The summed E-state index contributed by atoms with van der Waals surface area (Å²) in [7, 11) is 0. The minimum absolute atomic E-state index is 0.237. The summed E-state index contributed by atoms with van der Waals surface area (Å²) in [5.74, 6) is 2.37. The van der Waals surface area contributed by atoms with Gasteiger partial charge in [0.1, 0.15) is 22.6 Å². The second-order valence-corrected chi connectivity index (χ2v) is 9.33. The smallest absolute Gasteiger partial charge is 0.229 e. The molecule has 0 unspecified atom stereocenters. The molecule has 2 N–H and O–H groups in total. The van der Waals surface area contributed by atoms with Gasteiger partial charge in [-0.2, -0.15) is 10.2 Å². The van der Waals surface area contributed by atoms with E-state index in [-0.39, 0.29) is 6.04 Å². The Hall–Kier alpha value is -3.90. The lowest BCUT2D eigenvalue weighted by Crippen LogP contribution is -2.39. The molecule has 0 aromatic carbocycles. The van der Waals surface area contributed by atoms with E-state index in [9.17, 15) is 0 Å². The van der Waals surface area contributed by atoms with Crippen LogP contribution in [-0.2, 0) is 0 Å². The molecule has 5 rings (SSSR count). The van der Waals surface area contributed by atoms with Gasteiger partial charge in [0.25, 0.3) is 0 Å². The third-order valence-corrected chi connectivity index (χ3v) is 6.45. The first-order valence-electron chi connectivity index (χ1n) is 11.6. The average Bonchev–Trinajstić information content (AvgIpc) is 3.30. The number of pyridine rings is 2. The van der Waals surface area contributed by atoms with Gasteiger partial charge in [-0.3, -0.25) is 0 Å². The Kier molecular flexibility index (Phi) is 6.38. The Morgan fingerprint density at radius 3 is 2.63 bits per heavy atom. The summed E-state index contributed by atoms with van der Waals surface area (Å²) in [6.45, 7) is 6.01. The number of hydrogen-bond acceptors (Lipinski definition) is 8. The lowest BCUT2D eigenvalue weighted by Gasteiger charge is -2.33. The van der Waals surface area contributed by atoms with Crippen LogP contribution in [0, 0.1) is 11.3 Å². The zero-order valence-corrected chi connectivity index (χ0v) is 20.4. The van der Waals surface area contributed by atoms with E-state index in [1.165, 1.54) is 5.69 Å². The van der Waals surface area contributed by atoms with Gasteiger partial charge in [-0.25, -0.2) is 15.0 Å². The van der Waals surface area contributed by atoms with E-state index < -0.39 is 0 Å². The van der Waals surface area contributed by atoms with Crippen molar-refractivity contribution in [3.8, 4) is 6.07 Å². The van der Waals surface area contributed by atoms with Crippen molar-refractivity contribution in [3.05, 3.63) is 65.3 Å². The molecule has 10 heteroatoms. The Morgan fingerprint density at radius 1 is 1.09 bits per heavy atom. The normalized spacial score (nSPS) is 14.3. The molecule has 1 fully saturated rings. The zero-order chi connectivity index (χ0) is 24.4. The maximum absolute atomic E-state index is 8.96. The first-order valence-corrected chi connectivity index (χ1v) is 12.0. The van der Waals surface area contributed by atoms with Crippen molar-refractivity contribution < 1.29 is 0 Å². The lowest BCUT2D eigenvalue weighted by atomic mass is 10.0. The van der Waals surface area contributed by atoms with Crippen LogP contribution < -0.4 is 15.5 Å². The molecule has 5 heterocycles. The summed E-state index contributed by atoms with van der Waals surface area (Å²) in [6.07, 6.45) is 8.97. The summed E-state index contributed by atoms with van der Waals surface area (Å²) in [4.78, 5) is 20.1. The van der Waals surface area contributed by atoms with E-state index >= 15 is 0 Å². The van der Waals surface area contributed by atoms with Gasteiger partial charge in [-0.1, -0.05) is 25.4 Å². The summed E-state index contributed by atoms with van der Waals surface area (Å²) in [5, 5.41) is 16.2. The van der Waals surface area contributed by atoms with Gasteiger partial charge in [-0.15, -0.1) is 0 Å². The highest BCUT2D eigenvalue weighted by Gasteiger charge is 2.21. The van der Waals surface area contributed by atoms with Gasteiger partial charge >= 0.3 is 0 Å². The molecule has 1 aliphatic rings. The third-order valence-electron chi connectivity index (χ3n) is 6.17. The maximum Gasteiger partial charge on any atom is 0.229 e. The Balaban J connectivity index is 1.23. The fourth-order valence-electron chi connectivity index (χ4n) is 4.25. The minimum atomic E-state index is 0.237. The second kappa shape index (κ2) is 9.76. The highest BCUT2D eigenvalue weighted by atomic mass is 35.5. The number of nitriles is 1. The van der Waals surface area contributed by atoms with Crippen molar-refractivity contribution in [2.75, 3.05) is 28.6 Å². The number of aromatic nitrogens is 5. The number of fused-ring (bicyclic) bond motifs is 1. The number of imidazole rings is 1. The van der Waals surface area contributed by atoms with Crippen LogP contribution in [0.3, 0.4) is 0 Å². The van der Waals surface area contributed by atoms with Crippen LogP contribution in [0.4, 0.5) is 23.3 Å². The largest absolute Gasteiger partial charge is 0.366 e. The Bertz CT molecular complexity index is 1370. The molecular formula is C25H26ClN9. The number of rotatable bonds is 6. The quantitative estimate of drug-likeness (QED) is 0.391. The van der Waals surface area contributed by atoms with Crippen LogP contribution in [0.25, 0.3) is 5.65 Å². The monoisotopic (exact) mass is 487 g/mol. The van der Waals surface area contributed by atoms with Crippen molar-refractivity contribution in [2.24, 2.45) is 0 Å². The molecule has 0 saturated carbocycles. The van der Waals surface area contributed by atoms with Crippen molar-refractivity contribution >= 4 is 40.5 Å². The molecule has 4 aromatic heterocycles. The minimum Gasteiger partial charge on any atom is -0.366 e. The summed E-state index contributed by atoms with van der Waals surface area (Å²) in [5.41, 5.74) is 3.46. The number of anilines is 4. The number of nitrogens with one attached hydrogen (secondary N) is 2. The topological polar surface area (TPSA) is 107 Å². The molecule has 0 atom stereocenters. The third kappa shape index (κ3) is 4.98. The molecule has 0 radical (unpaired) electrons. The van der Waals surface area contributed by atoms with E-state index in [0.717, 1.165) is 43.1 Å². The lowest BCUT2D eigenvalue weighted by molar-refractivity contribution is 0.522. The van der Waals surface area contributed by atoms with E-state index in [4.69, 9.17) is 16.9 Å². The average molecular weight is 488 g/mol. The first kappa shape index (κ1) is 22.9. The number of halogens is 1. The van der Waals surface area contributed by atoms with Gasteiger partial charge in [0.05, 0.1) is 11.8 Å². The van der Waals surface area contributed by atoms with Gasteiger partial charge < -0.3 is 19.9 Å². The van der Waals surface area contributed by atoms with Crippen molar-refractivity contribution in [1.82, 2.24) is 24.3 Å². The number of nitrogens with zero attached hydrogens (tertiary/aromatic N) is 7. The predicted molar refractivity (Wildman–Crippen MR) is 137 cm³/mol. The fourth-order valence-corrected chi connectivity index (χ4v) is 4.39. The zero-order valence-electron chi connectivity index (χ0n) is 19.6. The standard InChI is InChI=1S/C25H26ClN9/c1-16(2)21-15-29-23-11-19(7-10-35(21)23)32-25-30-14-20(26)24(33-25)31-18-5-8-34(9-6-18)22-4-3-17(12-27)13-28-22/h3-4,7,10-11,13-16,18H,5-6,8-9H2,1-2H3,(H2,30,31,32,33). The Labute approximate surface area is 208 Å². The van der Waals surface area contributed by atoms with Crippen LogP contribution in [-0.4, -0.2) is 43.5 Å². The molecule has 0 aliphatic carbocycles. The molecule has 9 nitrogen and oxygen atoms in total. The first-order chi connectivity index (χ1) is 17.0. The SMILES string of the molecule is CC(C)c1cnc2cc(Nc3ncc(Cl)c(NC4CCN(c5ccc(C#N)cn5)CC4)n3)ccn12. The molecule has 0 bridgehead atoms. The highest BCUT2D eigenvalue weighted by Crippen LogP contribution is 2.26. The van der Waals surface area contributed by atoms with E-state index in [1.54, 1.807) is 18.5 Å². The van der Waals surface area contributed by atoms with Crippen LogP contribution in [0.2, 0.25) is 5.02 Å². The summed E-state index contributed by atoms with van der Waals surface area (Å²) >= 11 is 6.41. The van der Waals surface area contributed by atoms with Crippen molar-refractivity contribution in [1.29, 1.82) is 5.26 Å². The van der Waals surface area contributed by atoms with Crippen LogP contribution in [0.5, 0.6) is 0 Å². The van der Waals surface area contributed by atoms with E-state index in [2.05, 4.69) is 59.8 Å². The predicted octanol–water partition coefficient (Wildman–Crippen LogP) is 4.99. The van der Waals surface area contributed by atoms with Crippen LogP contribution >= 0.6 is 11.6 Å². The molecule has 0 amide bonds. The molecule has 35 heavy (non-hydrogen) atoms. The second-order valence-electron chi connectivity index (χ2n) is 8.92. The molecule has 178 valence electrons. The molecular weight excluding hydrogens is 462 g/mol. The van der Waals surface area contributed by atoms with Gasteiger partial charge in [0.2, 0.25) is 5.95 Å². The van der Waals surface area contributed by atoms with Gasteiger partial charge in [-0.05, 0) is 37.0 Å². The van der Waals surface area contributed by atoms with Crippen LogP contribution in [0.15, 0.2) is 49.1 Å². The molecule has 4 aromatic rings. The maximum atomic E-state index is 8.96. The van der Waals surface area contributed by atoms with Gasteiger partial charge in [0, 0.05) is 55.2 Å². The van der Waals surface area contributed by atoms with E-state index in [1.807, 2.05) is 30.6 Å². The number of piperidine rings is 1. The summed E-state index contributed by atoms with van der Waals surface area (Å²) < 4.78 is 2.09. The van der Waals surface area contributed by atoms with Gasteiger partial charge in [0.15, 0.2) is 5.82 Å². The Morgan fingerprint density at radius 2 is 1.91 bits per heavy atom. The van der Waals surface area contributed by atoms with Crippen LogP contribution in [0.1, 0.15) is 43.9 Å². The summed E-state index contributed by atoms with van der Waals surface area (Å²) in [6, 6.07) is 10.0.